The van der Waals surface area contributed by atoms with E-state index >= 15 is 0 Å². The molecule has 1 aromatic carbocycles. The van der Waals surface area contributed by atoms with Crippen LogP contribution in [0.25, 0.3) is 0 Å². The van der Waals surface area contributed by atoms with Gasteiger partial charge in [0.05, 0.1) is 13.2 Å². The molecule has 1 aliphatic heterocycles. The highest BCUT2D eigenvalue weighted by Crippen LogP contribution is 2.02. The van der Waals surface area contributed by atoms with Gasteiger partial charge in [-0.25, -0.2) is 4.39 Å². The van der Waals surface area contributed by atoms with Crippen LogP contribution in [0.3, 0.4) is 0 Å². The fraction of sp³-hybridized carbons (Fsp3) is 0.417. The Hall–Kier alpha value is -1.46. The molecule has 1 saturated heterocycles. The maximum absolute atomic E-state index is 12.7. The van der Waals surface area contributed by atoms with Gasteiger partial charge in [-0.05, 0) is 17.7 Å². The van der Waals surface area contributed by atoms with E-state index in [4.69, 9.17) is 4.74 Å². The maximum Gasteiger partial charge on any atom is 0.239 e. The lowest BCUT2D eigenvalue weighted by atomic mass is 10.2. The Morgan fingerprint density at radius 3 is 2.88 bits per heavy atom. The zero-order valence-corrected chi connectivity index (χ0v) is 9.41. The van der Waals surface area contributed by atoms with Crippen LogP contribution in [0, 0.1) is 5.82 Å². The van der Waals surface area contributed by atoms with Crippen molar-refractivity contribution in [2.24, 2.45) is 0 Å². The Kier molecular flexibility index (Phi) is 4.06. The number of hydrogen-bond acceptors (Lipinski definition) is 3. The number of rotatable bonds is 3. The summed E-state index contributed by atoms with van der Waals surface area (Å²) in [4.78, 5) is 11.7. The highest BCUT2D eigenvalue weighted by molar-refractivity contribution is 5.81. The third kappa shape index (κ3) is 3.51. The summed E-state index contributed by atoms with van der Waals surface area (Å²) in [6.45, 7) is 2.13. The van der Waals surface area contributed by atoms with Crippen molar-refractivity contribution < 1.29 is 13.9 Å². The molecule has 17 heavy (non-hydrogen) atoms. The molecule has 4 nitrogen and oxygen atoms in total. The van der Waals surface area contributed by atoms with E-state index < -0.39 is 0 Å². The molecule has 92 valence electrons. The lowest BCUT2D eigenvalue weighted by molar-refractivity contribution is -0.126. The third-order valence-electron chi connectivity index (χ3n) is 2.62. The van der Waals surface area contributed by atoms with Crippen molar-refractivity contribution in [3.63, 3.8) is 0 Å². The van der Waals surface area contributed by atoms with Gasteiger partial charge in [0.15, 0.2) is 0 Å². The number of carbonyl (C=O) groups excluding carboxylic acids is 1. The van der Waals surface area contributed by atoms with E-state index in [1.165, 1.54) is 12.1 Å². The number of morpholine rings is 1. The second-order valence-electron chi connectivity index (χ2n) is 3.93. The van der Waals surface area contributed by atoms with Crippen LogP contribution in [0.5, 0.6) is 0 Å². The number of hydrogen-bond donors (Lipinski definition) is 2. The number of halogens is 1. The van der Waals surface area contributed by atoms with E-state index in [1.54, 1.807) is 12.1 Å². The summed E-state index contributed by atoms with van der Waals surface area (Å²) in [6, 6.07) is 5.78. The average molecular weight is 238 g/mol. The van der Waals surface area contributed by atoms with Gasteiger partial charge in [-0.2, -0.15) is 0 Å². The molecule has 0 aromatic heterocycles. The number of amides is 1. The summed E-state index contributed by atoms with van der Waals surface area (Å²) in [6.07, 6.45) is 0. The van der Waals surface area contributed by atoms with Crippen LogP contribution in [0.1, 0.15) is 5.56 Å². The second-order valence-corrected chi connectivity index (χ2v) is 3.93. The fourth-order valence-electron chi connectivity index (χ4n) is 1.65. The minimum absolute atomic E-state index is 0.0889. The number of carbonyl (C=O) groups is 1. The van der Waals surface area contributed by atoms with Gasteiger partial charge >= 0.3 is 0 Å². The predicted molar refractivity (Wildman–Crippen MR) is 60.9 cm³/mol. The minimum Gasteiger partial charge on any atom is -0.378 e. The summed E-state index contributed by atoms with van der Waals surface area (Å²) < 4.78 is 17.9. The highest BCUT2D eigenvalue weighted by Gasteiger charge is 2.20. The first-order valence-electron chi connectivity index (χ1n) is 5.59. The van der Waals surface area contributed by atoms with E-state index in [0.29, 0.717) is 26.3 Å². The van der Waals surface area contributed by atoms with Gasteiger partial charge in [-0.1, -0.05) is 12.1 Å². The monoisotopic (exact) mass is 238 g/mol. The molecule has 0 saturated carbocycles. The van der Waals surface area contributed by atoms with E-state index in [9.17, 15) is 9.18 Å². The molecule has 1 fully saturated rings. The van der Waals surface area contributed by atoms with Gasteiger partial charge in [0.2, 0.25) is 5.91 Å². The van der Waals surface area contributed by atoms with Crippen molar-refractivity contribution in [1.82, 2.24) is 10.6 Å². The van der Waals surface area contributed by atoms with Crippen molar-refractivity contribution in [2.45, 2.75) is 12.6 Å². The standard InChI is InChI=1S/C12H15FN2O2/c13-10-3-1-9(2-4-10)7-15-12(16)11-8-17-6-5-14-11/h1-4,11,14H,5-8H2,(H,15,16). The van der Waals surface area contributed by atoms with Gasteiger partial charge in [0.1, 0.15) is 11.9 Å². The Balaban J connectivity index is 1.81. The summed E-state index contributed by atoms with van der Waals surface area (Å²) >= 11 is 0. The molecular formula is C12H15FN2O2. The highest BCUT2D eigenvalue weighted by atomic mass is 19.1. The maximum atomic E-state index is 12.7. The van der Waals surface area contributed by atoms with E-state index in [-0.39, 0.29) is 17.8 Å². The fourth-order valence-corrected chi connectivity index (χ4v) is 1.65. The Bertz CT molecular complexity index is 375. The molecule has 2 N–H and O–H groups in total. The Labute approximate surface area is 99.2 Å². The molecule has 1 aliphatic rings. The summed E-state index contributed by atoms with van der Waals surface area (Å²) in [7, 11) is 0. The average Bonchev–Trinajstić information content (AvgIpc) is 2.39. The van der Waals surface area contributed by atoms with Crippen molar-refractivity contribution in [2.75, 3.05) is 19.8 Å². The summed E-state index contributed by atoms with van der Waals surface area (Å²) in [5.74, 6) is -0.364. The molecular weight excluding hydrogens is 223 g/mol. The van der Waals surface area contributed by atoms with Gasteiger partial charge in [-0.3, -0.25) is 4.79 Å². The molecule has 5 heteroatoms. The van der Waals surface area contributed by atoms with Crippen LogP contribution in [0.2, 0.25) is 0 Å². The largest absolute Gasteiger partial charge is 0.378 e. The van der Waals surface area contributed by atoms with E-state index in [0.717, 1.165) is 5.56 Å². The van der Waals surface area contributed by atoms with Crippen LogP contribution in [-0.2, 0) is 16.1 Å². The molecule has 1 aromatic rings. The molecule has 2 rings (SSSR count). The number of benzene rings is 1. The second kappa shape index (κ2) is 5.75. The zero-order valence-electron chi connectivity index (χ0n) is 9.41. The van der Waals surface area contributed by atoms with Gasteiger partial charge in [0, 0.05) is 13.1 Å². The molecule has 0 bridgehead atoms. The molecule has 1 heterocycles. The van der Waals surface area contributed by atoms with Gasteiger partial charge in [-0.15, -0.1) is 0 Å². The van der Waals surface area contributed by atoms with Crippen LogP contribution in [-0.4, -0.2) is 31.7 Å². The molecule has 0 aliphatic carbocycles. The molecule has 1 amide bonds. The molecule has 1 unspecified atom stereocenters. The normalized spacial score (nSPS) is 19.9. The first kappa shape index (κ1) is 12.0. The van der Waals surface area contributed by atoms with Crippen LogP contribution in [0.15, 0.2) is 24.3 Å². The van der Waals surface area contributed by atoms with Gasteiger partial charge in [0.25, 0.3) is 0 Å². The Morgan fingerprint density at radius 1 is 1.47 bits per heavy atom. The molecule has 1 atom stereocenters. The topological polar surface area (TPSA) is 50.4 Å². The first-order chi connectivity index (χ1) is 8.25. The Morgan fingerprint density at radius 2 is 2.24 bits per heavy atom. The van der Waals surface area contributed by atoms with Crippen molar-refractivity contribution in [3.05, 3.63) is 35.6 Å². The van der Waals surface area contributed by atoms with Crippen LogP contribution in [0.4, 0.5) is 4.39 Å². The van der Waals surface area contributed by atoms with Gasteiger partial charge < -0.3 is 15.4 Å². The smallest absolute Gasteiger partial charge is 0.239 e. The van der Waals surface area contributed by atoms with E-state index in [2.05, 4.69) is 10.6 Å². The minimum atomic E-state index is -0.288. The molecule has 0 radical (unpaired) electrons. The zero-order chi connectivity index (χ0) is 12.1. The van der Waals surface area contributed by atoms with E-state index in [1.807, 2.05) is 0 Å². The van der Waals surface area contributed by atoms with Crippen molar-refractivity contribution in [1.29, 1.82) is 0 Å². The van der Waals surface area contributed by atoms with Crippen LogP contribution >= 0.6 is 0 Å². The van der Waals surface area contributed by atoms with Crippen LogP contribution < -0.4 is 10.6 Å². The third-order valence-corrected chi connectivity index (χ3v) is 2.62. The lowest BCUT2D eigenvalue weighted by Gasteiger charge is -2.22. The SMILES string of the molecule is O=C(NCc1ccc(F)cc1)C1COCCN1. The predicted octanol–water partition coefficient (Wildman–Crippen LogP) is 0.430. The van der Waals surface area contributed by atoms with Crippen molar-refractivity contribution >= 4 is 5.91 Å². The van der Waals surface area contributed by atoms with Crippen molar-refractivity contribution in [3.8, 4) is 0 Å². The quantitative estimate of drug-likeness (QED) is 0.803. The summed E-state index contributed by atoms with van der Waals surface area (Å²) in [5, 5.41) is 5.85. The first-order valence-corrected chi connectivity index (χ1v) is 5.59. The molecule has 0 spiro atoms. The number of ether oxygens (including phenoxy) is 1. The number of nitrogens with one attached hydrogen (secondary N) is 2. The summed E-state index contributed by atoms with van der Waals surface area (Å²) in [5.41, 5.74) is 0.872. The lowest BCUT2D eigenvalue weighted by Crippen LogP contribution is -2.51.